The third-order valence-electron chi connectivity index (χ3n) is 9.56. The summed E-state index contributed by atoms with van der Waals surface area (Å²) in [4.78, 5) is 14.2. The molecule has 9 heteroatoms. The van der Waals surface area contributed by atoms with Gasteiger partial charge in [-0.15, -0.1) is 0 Å². The average molecular weight is 617 g/mol. The Balaban J connectivity index is 1.52. The molecule has 234 valence electrons. The second-order valence-corrected chi connectivity index (χ2v) is 12.2. The second kappa shape index (κ2) is 11.6. The van der Waals surface area contributed by atoms with Crippen LogP contribution in [0.25, 0.3) is 33.8 Å². The predicted octanol–water partition coefficient (Wildman–Crippen LogP) is 8.47. The molecule has 0 spiro atoms. The summed E-state index contributed by atoms with van der Waals surface area (Å²) in [6.07, 6.45) is 2.97. The van der Waals surface area contributed by atoms with E-state index in [1.807, 2.05) is 30.3 Å². The lowest BCUT2D eigenvalue weighted by Crippen LogP contribution is -2.36. The van der Waals surface area contributed by atoms with E-state index in [1.54, 1.807) is 25.3 Å². The predicted molar refractivity (Wildman–Crippen MR) is 169 cm³/mol. The lowest BCUT2D eigenvalue weighted by Gasteiger charge is -2.31. The first-order valence-corrected chi connectivity index (χ1v) is 15.6. The molecule has 3 heterocycles. The fraction of sp³-hybridized carbons (Fsp3) is 0.361. The van der Waals surface area contributed by atoms with E-state index in [9.17, 15) is 23.1 Å². The van der Waals surface area contributed by atoms with Gasteiger partial charge in [-0.25, -0.2) is 4.79 Å². The van der Waals surface area contributed by atoms with E-state index in [2.05, 4.69) is 9.47 Å². The van der Waals surface area contributed by atoms with Crippen LogP contribution in [0.5, 0.6) is 5.75 Å². The number of halogens is 3. The van der Waals surface area contributed by atoms with Crippen LogP contribution in [0.4, 0.5) is 18.9 Å². The number of aromatic nitrogens is 1. The minimum Gasteiger partial charge on any atom is -0.497 e. The number of hydrogen-bond acceptors (Lipinski definition) is 4. The van der Waals surface area contributed by atoms with E-state index in [0.717, 1.165) is 65.2 Å². The number of nitrogens with zero attached hydrogens (tertiary/aromatic N) is 2. The molecular formula is C36H35F3N2O4. The summed E-state index contributed by atoms with van der Waals surface area (Å²) >= 11 is 0. The van der Waals surface area contributed by atoms with Crippen molar-refractivity contribution in [1.82, 2.24) is 4.57 Å². The van der Waals surface area contributed by atoms with E-state index in [4.69, 9.17) is 9.47 Å². The fourth-order valence-corrected chi connectivity index (χ4v) is 7.39. The van der Waals surface area contributed by atoms with Gasteiger partial charge >= 0.3 is 12.1 Å². The number of alkyl halides is 3. The summed E-state index contributed by atoms with van der Waals surface area (Å²) in [5.41, 5.74) is 6.19. The zero-order chi connectivity index (χ0) is 31.3. The van der Waals surface area contributed by atoms with Crippen LogP contribution in [0, 0.1) is 0 Å². The summed E-state index contributed by atoms with van der Waals surface area (Å²) in [6, 6.07) is 15.2. The highest BCUT2D eigenvalue weighted by molar-refractivity contribution is 6.02. The van der Waals surface area contributed by atoms with Crippen molar-refractivity contribution >= 4 is 34.2 Å². The van der Waals surface area contributed by atoms with Gasteiger partial charge in [0.05, 0.1) is 37.1 Å². The summed E-state index contributed by atoms with van der Waals surface area (Å²) in [5.74, 6) is -0.0745. The molecule has 4 aromatic rings. The Morgan fingerprint density at radius 3 is 2.44 bits per heavy atom. The molecule has 0 amide bonds. The van der Waals surface area contributed by atoms with Crippen LogP contribution in [0.2, 0.25) is 0 Å². The first-order valence-electron chi connectivity index (χ1n) is 15.6. The Bertz CT molecular complexity index is 1810. The SMILES string of the molecule is COc1ccc2c(c1)C=C(c1cc(C(F)(F)F)ccc1N1CCOCC1)Cn1c-2c(C2CCCCC2)c2ccc(C(=O)O)cc21. The van der Waals surface area contributed by atoms with Crippen molar-refractivity contribution in [2.45, 2.75) is 50.7 Å². The van der Waals surface area contributed by atoms with E-state index in [1.165, 1.54) is 18.1 Å². The Morgan fingerprint density at radius 1 is 0.956 bits per heavy atom. The van der Waals surface area contributed by atoms with E-state index in [-0.39, 0.29) is 12.1 Å². The number of carboxylic acids is 1. The van der Waals surface area contributed by atoms with Crippen LogP contribution in [-0.2, 0) is 17.5 Å². The number of benzene rings is 3. The van der Waals surface area contributed by atoms with Crippen LogP contribution >= 0.6 is 0 Å². The Labute approximate surface area is 259 Å². The Kier molecular flexibility index (Phi) is 7.60. The summed E-state index contributed by atoms with van der Waals surface area (Å²) in [5, 5.41) is 10.9. The van der Waals surface area contributed by atoms with Crippen molar-refractivity contribution in [3.63, 3.8) is 0 Å². The van der Waals surface area contributed by atoms with Crippen LogP contribution in [-0.4, -0.2) is 49.1 Å². The van der Waals surface area contributed by atoms with E-state index in [0.29, 0.717) is 49.1 Å². The van der Waals surface area contributed by atoms with Crippen molar-refractivity contribution in [3.05, 3.63) is 82.4 Å². The van der Waals surface area contributed by atoms with Gasteiger partial charge in [0, 0.05) is 47.4 Å². The average Bonchev–Trinajstić information content (AvgIpc) is 3.27. The molecule has 0 atom stereocenters. The third kappa shape index (κ3) is 5.37. The van der Waals surface area contributed by atoms with Crippen LogP contribution < -0.4 is 9.64 Å². The van der Waals surface area contributed by atoms with Gasteiger partial charge in [-0.2, -0.15) is 13.2 Å². The molecule has 7 rings (SSSR count). The number of fused-ring (bicyclic) bond motifs is 5. The minimum atomic E-state index is -4.51. The van der Waals surface area contributed by atoms with Gasteiger partial charge in [0.25, 0.3) is 0 Å². The molecule has 0 radical (unpaired) electrons. The van der Waals surface area contributed by atoms with Gasteiger partial charge in [0.15, 0.2) is 0 Å². The number of aromatic carboxylic acids is 1. The molecule has 2 fully saturated rings. The highest BCUT2D eigenvalue weighted by Gasteiger charge is 2.34. The molecule has 1 saturated carbocycles. The van der Waals surface area contributed by atoms with Crippen LogP contribution in [0.3, 0.4) is 0 Å². The third-order valence-corrected chi connectivity index (χ3v) is 9.56. The maximum Gasteiger partial charge on any atom is 0.416 e. The molecule has 0 bridgehead atoms. The molecule has 1 aromatic heterocycles. The molecule has 0 unspecified atom stereocenters. The number of hydrogen-bond donors (Lipinski definition) is 1. The largest absolute Gasteiger partial charge is 0.497 e. The topological polar surface area (TPSA) is 63.9 Å². The first-order chi connectivity index (χ1) is 21.7. The molecule has 2 aliphatic heterocycles. The van der Waals surface area contributed by atoms with E-state index >= 15 is 0 Å². The number of ether oxygens (including phenoxy) is 2. The monoisotopic (exact) mass is 616 g/mol. The number of carboxylic acid groups (broad SMARTS) is 1. The number of morpholine rings is 1. The Morgan fingerprint density at radius 2 is 1.73 bits per heavy atom. The maximum absolute atomic E-state index is 14.2. The molecule has 1 N–H and O–H groups in total. The lowest BCUT2D eigenvalue weighted by atomic mass is 9.81. The van der Waals surface area contributed by atoms with Crippen molar-refractivity contribution in [2.75, 3.05) is 38.3 Å². The van der Waals surface area contributed by atoms with Gasteiger partial charge in [0.1, 0.15) is 5.75 Å². The molecule has 1 saturated heterocycles. The normalized spacial score (nSPS) is 17.4. The number of methoxy groups -OCH3 is 1. The number of carbonyl (C=O) groups is 1. The molecule has 3 aliphatic rings. The summed E-state index contributed by atoms with van der Waals surface area (Å²) in [7, 11) is 1.60. The van der Waals surface area contributed by atoms with Crippen LogP contribution in [0.1, 0.15) is 70.6 Å². The van der Waals surface area contributed by atoms with Crippen LogP contribution in [0.15, 0.2) is 54.6 Å². The quantitative estimate of drug-likeness (QED) is 0.244. The molecule has 45 heavy (non-hydrogen) atoms. The minimum absolute atomic E-state index is 0.177. The highest BCUT2D eigenvalue weighted by atomic mass is 19.4. The summed E-state index contributed by atoms with van der Waals surface area (Å²) in [6.45, 7) is 2.41. The number of anilines is 1. The fourth-order valence-electron chi connectivity index (χ4n) is 7.39. The zero-order valence-corrected chi connectivity index (χ0v) is 25.1. The molecular weight excluding hydrogens is 581 g/mol. The molecule has 3 aromatic carbocycles. The smallest absolute Gasteiger partial charge is 0.416 e. The molecule has 6 nitrogen and oxygen atoms in total. The van der Waals surface area contributed by atoms with Gasteiger partial charge in [0.2, 0.25) is 0 Å². The van der Waals surface area contributed by atoms with E-state index < -0.39 is 17.7 Å². The van der Waals surface area contributed by atoms with Gasteiger partial charge in [-0.3, -0.25) is 0 Å². The maximum atomic E-state index is 14.2. The second-order valence-electron chi connectivity index (χ2n) is 12.2. The highest BCUT2D eigenvalue weighted by Crippen LogP contribution is 2.48. The Hall–Kier alpha value is -4.24. The number of allylic oxidation sites excluding steroid dienone is 1. The van der Waals surface area contributed by atoms with Crippen molar-refractivity contribution in [3.8, 4) is 17.0 Å². The molecule has 1 aliphatic carbocycles. The van der Waals surface area contributed by atoms with Crippen molar-refractivity contribution < 1.29 is 32.5 Å². The summed E-state index contributed by atoms with van der Waals surface area (Å²) < 4.78 is 55.8. The lowest BCUT2D eigenvalue weighted by molar-refractivity contribution is -0.137. The van der Waals surface area contributed by atoms with Gasteiger partial charge in [-0.1, -0.05) is 25.3 Å². The standard InChI is InChI=1S/C36H35F3N2O4/c1-44-27-9-11-28-24(18-27)17-25(30-20-26(36(37,38)39)8-12-31(30)40-13-15-45-16-14-40)21-41-32-19-23(35(42)43)7-10-29(32)33(34(28)41)22-5-3-2-4-6-22/h7-12,17-20,22H,2-6,13-16,21H2,1H3,(H,42,43). The zero-order valence-electron chi connectivity index (χ0n) is 25.1. The van der Waals surface area contributed by atoms with Crippen molar-refractivity contribution in [1.29, 1.82) is 0 Å². The van der Waals surface area contributed by atoms with Crippen molar-refractivity contribution in [2.24, 2.45) is 0 Å². The van der Waals surface area contributed by atoms with Gasteiger partial charge in [-0.05, 0) is 90.1 Å². The van der Waals surface area contributed by atoms with Gasteiger partial charge < -0.3 is 24.0 Å². The first kappa shape index (κ1) is 29.5. The number of rotatable bonds is 5.